The molecule has 2 aliphatic rings. The van der Waals surface area contributed by atoms with Crippen molar-refractivity contribution in [3.63, 3.8) is 0 Å². The van der Waals surface area contributed by atoms with Crippen molar-refractivity contribution in [2.45, 2.75) is 45.1 Å². The molecule has 1 aliphatic carbocycles. The lowest BCUT2D eigenvalue weighted by atomic mass is 10.0. The van der Waals surface area contributed by atoms with Crippen molar-refractivity contribution in [2.75, 3.05) is 25.0 Å². The fourth-order valence-electron chi connectivity index (χ4n) is 4.31. The summed E-state index contributed by atoms with van der Waals surface area (Å²) in [6, 6.07) is 10.8. The van der Waals surface area contributed by atoms with Gasteiger partial charge < -0.3 is 9.80 Å². The Morgan fingerprint density at radius 3 is 2.65 bits per heavy atom. The van der Waals surface area contributed by atoms with Gasteiger partial charge in [-0.2, -0.15) is 0 Å². The molecule has 0 spiro atoms. The molecule has 1 saturated heterocycles. The van der Waals surface area contributed by atoms with Crippen LogP contribution in [0.2, 0.25) is 0 Å². The van der Waals surface area contributed by atoms with Gasteiger partial charge in [-0.05, 0) is 74.4 Å². The number of amides is 1. The van der Waals surface area contributed by atoms with Crippen molar-refractivity contribution < 1.29 is 4.79 Å². The van der Waals surface area contributed by atoms with E-state index in [1.54, 1.807) is 0 Å². The Hall–Kier alpha value is -2.36. The minimum Gasteiger partial charge on any atom is -0.371 e. The molecular weight excluding hydrogens is 322 g/mol. The predicted octanol–water partition coefficient (Wildman–Crippen LogP) is 3.62. The van der Waals surface area contributed by atoms with E-state index in [-0.39, 0.29) is 5.91 Å². The minimum atomic E-state index is 0.165. The number of carbonyl (C=O) groups excluding carboxylic acids is 1. The van der Waals surface area contributed by atoms with E-state index < -0.39 is 0 Å². The van der Waals surface area contributed by atoms with Crippen molar-refractivity contribution in [2.24, 2.45) is 0 Å². The molecule has 26 heavy (non-hydrogen) atoms. The van der Waals surface area contributed by atoms with Gasteiger partial charge in [-0.1, -0.05) is 6.07 Å². The van der Waals surface area contributed by atoms with Crippen LogP contribution in [0.4, 0.5) is 5.69 Å². The molecule has 0 unspecified atom stereocenters. The zero-order valence-electron chi connectivity index (χ0n) is 15.7. The molecule has 1 aromatic carbocycles. The smallest absolute Gasteiger partial charge is 0.253 e. The highest BCUT2D eigenvalue weighted by atomic mass is 16.2. The average Bonchev–Trinajstić information content (AvgIpc) is 3.15. The maximum atomic E-state index is 12.9. The summed E-state index contributed by atoms with van der Waals surface area (Å²) in [5, 5.41) is 0. The molecular formula is C22H27N3O. The molecule has 4 nitrogen and oxygen atoms in total. The zero-order chi connectivity index (χ0) is 18.1. The van der Waals surface area contributed by atoms with Crippen LogP contribution in [0.1, 0.15) is 46.4 Å². The molecule has 2 aromatic rings. The molecule has 4 rings (SSSR count). The Morgan fingerprint density at radius 2 is 1.88 bits per heavy atom. The van der Waals surface area contributed by atoms with Gasteiger partial charge in [0.2, 0.25) is 0 Å². The molecule has 0 bridgehead atoms. The van der Waals surface area contributed by atoms with Crippen LogP contribution in [0, 0.1) is 6.92 Å². The molecule has 1 aliphatic heterocycles. The van der Waals surface area contributed by atoms with E-state index in [0.717, 1.165) is 50.0 Å². The summed E-state index contributed by atoms with van der Waals surface area (Å²) in [6.07, 6.45) is 7.38. The van der Waals surface area contributed by atoms with Crippen molar-refractivity contribution in [3.05, 3.63) is 58.9 Å². The number of aryl methyl sites for hydroxylation is 3. The lowest BCUT2D eigenvalue weighted by Crippen LogP contribution is -2.45. The normalized spacial score (nSPS) is 17.2. The van der Waals surface area contributed by atoms with E-state index in [2.05, 4.69) is 34.1 Å². The third-order valence-corrected chi connectivity index (χ3v) is 5.92. The highest BCUT2D eigenvalue weighted by Crippen LogP contribution is 2.26. The number of nitrogens with zero attached hydrogens (tertiary/aromatic N) is 3. The predicted molar refractivity (Wildman–Crippen MR) is 105 cm³/mol. The topological polar surface area (TPSA) is 36.4 Å². The third kappa shape index (κ3) is 3.33. The van der Waals surface area contributed by atoms with E-state index in [1.807, 2.05) is 31.1 Å². The molecule has 1 aromatic heterocycles. The minimum absolute atomic E-state index is 0.165. The Balaban J connectivity index is 1.40. The van der Waals surface area contributed by atoms with Gasteiger partial charge in [0, 0.05) is 49.3 Å². The number of fused-ring (bicyclic) bond motifs is 1. The average molecular weight is 349 g/mol. The first kappa shape index (κ1) is 17.1. The quantitative estimate of drug-likeness (QED) is 0.849. The van der Waals surface area contributed by atoms with Gasteiger partial charge in [-0.15, -0.1) is 0 Å². The second-order valence-corrected chi connectivity index (χ2v) is 7.63. The molecule has 4 heteroatoms. The summed E-state index contributed by atoms with van der Waals surface area (Å²) in [5.41, 5.74) is 5.93. The van der Waals surface area contributed by atoms with Gasteiger partial charge in [0.05, 0.1) is 0 Å². The Bertz CT molecular complexity index is 809. The monoisotopic (exact) mass is 349 g/mol. The number of carbonyl (C=O) groups is 1. The van der Waals surface area contributed by atoms with Crippen LogP contribution >= 0.6 is 0 Å². The van der Waals surface area contributed by atoms with E-state index in [0.29, 0.717) is 6.04 Å². The van der Waals surface area contributed by atoms with Gasteiger partial charge in [-0.25, -0.2) is 0 Å². The third-order valence-electron chi connectivity index (χ3n) is 5.92. The number of benzene rings is 1. The van der Waals surface area contributed by atoms with Crippen molar-refractivity contribution in [1.82, 2.24) is 9.88 Å². The van der Waals surface area contributed by atoms with Gasteiger partial charge >= 0.3 is 0 Å². The largest absolute Gasteiger partial charge is 0.371 e. The maximum Gasteiger partial charge on any atom is 0.253 e. The second-order valence-electron chi connectivity index (χ2n) is 7.63. The lowest BCUT2D eigenvalue weighted by molar-refractivity contribution is 0.0709. The summed E-state index contributed by atoms with van der Waals surface area (Å²) in [5.74, 6) is 0.165. The van der Waals surface area contributed by atoms with Gasteiger partial charge in [0.1, 0.15) is 0 Å². The first-order valence-corrected chi connectivity index (χ1v) is 9.68. The fourth-order valence-corrected chi connectivity index (χ4v) is 4.31. The maximum absolute atomic E-state index is 12.9. The van der Waals surface area contributed by atoms with Gasteiger partial charge in [-0.3, -0.25) is 9.78 Å². The Morgan fingerprint density at radius 1 is 1.12 bits per heavy atom. The van der Waals surface area contributed by atoms with Crippen molar-refractivity contribution >= 4 is 11.6 Å². The van der Waals surface area contributed by atoms with Crippen LogP contribution in [-0.4, -0.2) is 42.0 Å². The number of aromatic nitrogens is 1. The van der Waals surface area contributed by atoms with Crippen molar-refractivity contribution in [1.29, 1.82) is 0 Å². The fraction of sp³-hybridized carbons (Fsp3) is 0.455. The van der Waals surface area contributed by atoms with Crippen LogP contribution in [0.3, 0.4) is 0 Å². The number of piperidine rings is 1. The molecule has 136 valence electrons. The molecule has 0 N–H and O–H groups in total. The standard InChI is InChI=1S/C22H27N3O/c1-16-14-21(8-11-23-16)25-12-9-20(10-13-25)24(2)22(26)19-7-6-17-4-3-5-18(17)15-19/h6-8,11,14-15,20H,3-5,9-10,12-13H2,1-2H3. The SMILES string of the molecule is Cc1cc(N2CCC(N(C)C(=O)c3ccc4c(c3)CCC4)CC2)ccn1. The Kier molecular flexibility index (Phi) is 4.66. The van der Waals surface area contributed by atoms with Crippen LogP contribution in [0.25, 0.3) is 0 Å². The summed E-state index contributed by atoms with van der Waals surface area (Å²) in [4.78, 5) is 21.6. The number of rotatable bonds is 3. The lowest BCUT2D eigenvalue weighted by Gasteiger charge is -2.38. The molecule has 0 radical (unpaired) electrons. The number of hydrogen-bond donors (Lipinski definition) is 0. The first-order chi connectivity index (χ1) is 12.6. The van der Waals surface area contributed by atoms with Crippen LogP contribution in [0.5, 0.6) is 0 Å². The van der Waals surface area contributed by atoms with E-state index in [1.165, 1.54) is 23.2 Å². The molecule has 2 heterocycles. The van der Waals surface area contributed by atoms with E-state index in [9.17, 15) is 4.79 Å². The highest BCUT2D eigenvalue weighted by molar-refractivity contribution is 5.94. The second kappa shape index (κ2) is 7.10. The van der Waals surface area contributed by atoms with Gasteiger partial charge in [0.25, 0.3) is 5.91 Å². The van der Waals surface area contributed by atoms with Crippen LogP contribution in [-0.2, 0) is 12.8 Å². The van der Waals surface area contributed by atoms with Crippen LogP contribution in [0.15, 0.2) is 36.5 Å². The number of pyridine rings is 1. The van der Waals surface area contributed by atoms with Gasteiger partial charge in [0.15, 0.2) is 0 Å². The van der Waals surface area contributed by atoms with Crippen LogP contribution < -0.4 is 4.90 Å². The summed E-state index contributed by atoms with van der Waals surface area (Å²) in [6.45, 7) is 3.99. The molecule has 1 fully saturated rings. The zero-order valence-corrected chi connectivity index (χ0v) is 15.7. The van der Waals surface area contributed by atoms with Crippen molar-refractivity contribution in [3.8, 4) is 0 Å². The first-order valence-electron chi connectivity index (χ1n) is 9.68. The summed E-state index contributed by atoms with van der Waals surface area (Å²) >= 11 is 0. The number of hydrogen-bond acceptors (Lipinski definition) is 3. The summed E-state index contributed by atoms with van der Waals surface area (Å²) in [7, 11) is 1.96. The van der Waals surface area contributed by atoms with E-state index >= 15 is 0 Å². The highest BCUT2D eigenvalue weighted by Gasteiger charge is 2.26. The molecule has 0 saturated carbocycles. The van der Waals surface area contributed by atoms with E-state index in [4.69, 9.17) is 0 Å². The molecule has 1 amide bonds. The summed E-state index contributed by atoms with van der Waals surface area (Å²) < 4.78 is 0. The Labute approximate surface area is 155 Å². The molecule has 0 atom stereocenters. The number of anilines is 1.